The zero-order valence-electron chi connectivity index (χ0n) is 13.5. The van der Waals surface area contributed by atoms with Gasteiger partial charge in [-0.25, -0.2) is 4.98 Å². The summed E-state index contributed by atoms with van der Waals surface area (Å²) in [5, 5.41) is 16.3. The van der Waals surface area contributed by atoms with Gasteiger partial charge in [0, 0.05) is 11.1 Å². The van der Waals surface area contributed by atoms with Crippen molar-refractivity contribution in [2.75, 3.05) is 0 Å². The Morgan fingerprint density at radius 3 is 2.91 bits per heavy atom. The Labute approximate surface area is 144 Å². The average molecular weight is 345 g/mol. The van der Waals surface area contributed by atoms with Crippen molar-refractivity contribution in [2.45, 2.75) is 44.5 Å². The van der Waals surface area contributed by atoms with E-state index in [4.69, 9.17) is 0 Å². The number of hydrogen-bond acceptors (Lipinski definition) is 6. The third-order valence-corrected chi connectivity index (χ3v) is 5.34. The van der Waals surface area contributed by atoms with Gasteiger partial charge in [-0.1, -0.05) is 36.4 Å². The standard InChI is InChI=1S/C16H19N5S2/c1-4-5-15-17-13(9-22-15)10-23-16-18-19-20-21(16)14-7-6-11(2)8-12(14)3/h6-9H,4-5,10H2,1-3H3. The molecule has 7 heteroatoms. The second kappa shape index (κ2) is 7.23. The first-order valence-electron chi connectivity index (χ1n) is 7.59. The third-order valence-electron chi connectivity index (χ3n) is 3.43. The Hall–Kier alpha value is -1.73. The van der Waals surface area contributed by atoms with E-state index in [0.29, 0.717) is 0 Å². The minimum Gasteiger partial charge on any atom is -0.245 e. The second-order valence-electron chi connectivity index (χ2n) is 5.43. The molecule has 5 nitrogen and oxygen atoms in total. The fourth-order valence-corrected chi connectivity index (χ4v) is 4.13. The summed E-state index contributed by atoms with van der Waals surface area (Å²) in [5.41, 5.74) is 4.52. The molecule has 0 aliphatic rings. The van der Waals surface area contributed by atoms with Gasteiger partial charge in [-0.05, 0) is 48.7 Å². The molecule has 0 fully saturated rings. The van der Waals surface area contributed by atoms with Gasteiger partial charge in [-0.2, -0.15) is 4.68 Å². The van der Waals surface area contributed by atoms with Crippen molar-refractivity contribution in [3.05, 3.63) is 45.4 Å². The second-order valence-corrected chi connectivity index (χ2v) is 7.32. The highest BCUT2D eigenvalue weighted by molar-refractivity contribution is 7.98. The van der Waals surface area contributed by atoms with Crippen LogP contribution >= 0.6 is 23.1 Å². The quantitative estimate of drug-likeness (QED) is 0.633. The van der Waals surface area contributed by atoms with Gasteiger partial charge in [0.15, 0.2) is 0 Å². The number of hydrogen-bond donors (Lipinski definition) is 0. The molecule has 0 aliphatic heterocycles. The average Bonchev–Trinajstić information content (AvgIpc) is 3.15. The van der Waals surface area contributed by atoms with E-state index in [0.717, 1.165) is 40.7 Å². The van der Waals surface area contributed by atoms with Crippen molar-refractivity contribution in [3.63, 3.8) is 0 Å². The zero-order chi connectivity index (χ0) is 16.2. The number of thiazole rings is 1. The van der Waals surface area contributed by atoms with Gasteiger partial charge < -0.3 is 0 Å². The molecule has 0 bridgehead atoms. The predicted octanol–water partition coefficient (Wildman–Crippen LogP) is 3.98. The van der Waals surface area contributed by atoms with Crippen molar-refractivity contribution in [1.82, 2.24) is 25.2 Å². The molecule has 0 radical (unpaired) electrons. The predicted molar refractivity (Wildman–Crippen MR) is 94.3 cm³/mol. The number of aromatic nitrogens is 5. The fraction of sp³-hybridized carbons (Fsp3) is 0.375. The molecule has 2 heterocycles. The molecule has 0 saturated heterocycles. The molecule has 0 unspecified atom stereocenters. The van der Waals surface area contributed by atoms with Crippen LogP contribution in [0.1, 0.15) is 35.2 Å². The number of rotatable bonds is 6. The topological polar surface area (TPSA) is 56.5 Å². The van der Waals surface area contributed by atoms with E-state index in [1.54, 1.807) is 27.8 Å². The zero-order valence-corrected chi connectivity index (χ0v) is 15.1. The maximum absolute atomic E-state index is 4.65. The van der Waals surface area contributed by atoms with Crippen molar-refractivity contribution in [3.8, 4) is 5.69 Å². The summed E-state index contributed by atoms with van der Waals surface area (Å²) in [5.74, 6) is 0.783. The number of aryl methyl sites for hydroxylation is 3. The summed E-state index contributed by atoms with van der Waals surface area (Å²) in [6.07, 6.45) is 2.18. The SMILES string of the molecule is CCCc1nc(CSc2nnnn2-c2ccc(C)cc2C)cs1. The summed E-state index contributed by atoms with van der Waals surface area (Å²) in [4.78, 5) is 4.65. The van der Waals surface area contributed by atoms with E-state index in [1.807, 2.05) is 0 Å². The maximum Gasteiger partial charge on any atom is 0.214 e. The highest BCUT2D eigenvalue weighted by Crippen LogP contribution is 2.25. The highest BCUT2D eigenvalue weighted by Gasteiger charge is 2.12. The Morgan fingerprint density at radius 2 is 2.13 bits per heavy atom. The lowest BCUT2D eigenvalue weighted by Gasteiger charge is -2.07. The van der Waals surface area contributed by atoms with Crippen LogP contribution in [0.25, 0.3) is 5.69 Å². The van der Waals surface area contributed by atoms with Gasteiger partial charge in [0.1, 0.15) is 0 Å². The van der Waals surface area contributed by atoms with Crippen molar-refractivity contribution in [2.24, 2.45) is 0 Å². The lowest BCUT2D eigenvalue weighted by Crippen LogP contribution is -2.02. The molecule has 2 aromatic heterocycles. The summed E-state index contributed by atoms with van der Waals surface area (Å²) >= 11 is 3.35. The van der Waals surface area contributed by atoms with E-state index in [2.05, 4.69) is 64.9 Å². The van der Waals surface area contributed by atoms with Gasteiger partial charge in [-0.15, -0.1) is 16.4 Å². The molecule has 0 N–H and O–H groups in total. The van der Waals surface area contributed by atoms with Crippen LogP contribution < -0.4 is 0 Å². The first-order chi connectivity index (χ1) is 11.2. The molecule has 0 saturated carbocycles. The molecular weight excluding hydrogens is 326 g/mol. The normalized spacial score (nSPS) is 11.1. The van der Waals surface area contributed by atoms with E-state index in [9.17, 15) is 0 Å². The van der Waals surface area contributed by atoms with Gasteiger partial charge in [0.05, 0.1) is 16.4 Å². The monoisotopic (exact) mass is 345 g/mol. The van der Waals surface area contributed by atoms with Gasteiger partial charge in [0.25, 0.3) is 0 Å². The number of benzene rings is 1. The van der Waals surface area contributed by atoms with Crippen LogP contribution in [0, 0.1) is 13.8 Å². The molecule has 0 atom stereocenters. The molecule has 0 aliphatic carbocycles. The highest BCUT2D eigenvalue weighted by atomic mass is 32.2. The Bertz CT molecular complexity index is 793. The summed E-state index contributed by atoms with van der Waals surface area (Å²) in [6.45, 7) is 6.34. The molecule has 23 heavy (non-hydrogen) atoms. The van der Waals surface area contributed by atoms with E-state index in [-0.39, 0.29) is 0 Å². The molecule has 3 aromatic rings. The fourth-order valence-electron chi connectivity index (χ4n) is 2.35. The summed E-state index contributed by atoms with van der Waals surface area (Å²) in [6, 6.07) is 6.28. The molecule has 1 aromatic carbocycles. The lowest BCUT2D eigenvalue weighted by atomic mass is 10.1. The van der Waals surface area contributed by atoms with Crippen LogP contribution in [0.3, 0.4) is 0 Å². The van der Waals surface area contributed by atoms with E-state index in [1.165, 1.54) is 10.6 Å². The summed E-state index contributed by atoms with van der Waals surface area (Å²) in [7, 11) is 0. The van der Waals surface area contributed by atoms with Crippen molar-refractivity contribution < 1.29 is 0 Å². The minimum absolute atomic E-state index is 0.783. The Balaban J connectivity index is 1.75. The van der Waals surface area contributed by atoms with Gasteiger partial charge in [0.2, 0.25) is 5.16 Å². The van der Waals surface area contributed by atoms with Gasteiger partial charge >= 0.3 is 0 Å². The Morgan fingerprint density at radius 1 is 1.26 bits per heavy atom. The largest absolute Gasteiger partial charge is 0.245 e. The molecule has 0 spiro atoms. The van der Waals surface area contributed by atoms with Crippen LogP contribution in [0.15, 0.2) is 28.7 Å². The first-order valence-corrected chi connectivity index (χ1v) is 9.46. The van der Waals surface area contributed by atoms with E-state index < -0.39 is 0 Å². The molecular formula is C16H19N5S2. The number of thioether (sulfide) groups is 1. The third kappa shape index (κ3) is 3.79. The van der Waals surface area contributed by atoms with Crippen molar-refractivity contribution in [1.29, 1.82) is 0 Å². The lowest BCUT2D eigenvalue weighted by molar-refractivity contribution is 0.751. The van der Waals surface area contributed by atoms with Crippen LogP contribution in [0.5, 0.6) is 0 Å². The van der Waals surface area contributed by atoms with Crippen LogP contribution in [0.4, 0.5) is 0 Å². The van der Waals surface area contributed by atoms with Gasteiger partial charge in [-0.3, -0.25) is 0 Å². The molecule has 3 rings (SSSR count). The number of nitrogens with zero attached hydrogens (tertiary/aromatic N) is 5. The maximum atomic E-state index is 4.65. The molecule has 0 amide bonds. The van der Waals surface area contributed by atoms with E-state index >= 15 is 0 Å². The summed E-state index contributed by atoms with van der Waals surface area (Å²) < 4.78 is 1.80. The van der Waals surface area contributed by atoms with Crippen LogP contribution in [0.2, 0.25) is 0 Å². The van der Waals surface area contributed by atoms with Crippen LogP contribution in [-0.4, -0.2) is 25.2 Å². The smallest absolute Gasteiger partial charge is 0.214 e. The van der Waals surface area contributed by atoms with Crippen LogP contribution in [-0.2, 0) is 12.2 Å². The first kappa shape index (κ1) is 16.1. The Kier molecular flexibility index (Phi) is 5.07. The number of tetrazole rings is 1. The minimum atomic E-state index is 0.783. The van der Waals surface area contributed by atoms with Crippen molar-refractivity contribution >= 4 is 23.1 Å². The molecule has 120 valence electrons.